The number of aromatic nitrogens is 2. The third-order valence-corrected chi connectivity index (χ3v) is 4.76. The summed E-state index contributed by atoms with van der Waals surface area (Å²) in [6.07, 6.45) is 1.30. The van der Waals surface area contributed by atoms with E-state index in [-0.39, 0.29) is 17.4 Å². The Hall–Kier alpha value is -2.21. The van der Waals surface area contributed by atoms with Crippen molar-refractivity contribution in [3.63, 3.8) is 0 Å². The highest BCUT2D eigenvalue weighted by Gasteiger charge is 2.10. The molecule has 0 saturated carbocycles. The second-order valence-corrected chi connectivity index (χ2v) is 6.83. The van der Waals surface area contributed by atoms with Gasteiger partial charge in [-0.15, -0.1) is 0 Å². The van der Waals surface area contributed by atoms with Crippen LogP contribution in [0, 0.1) is 20.8 Å². The van der Waals surface area contributed by atoms with E-state index in [9.17, 15) is 9.59 Å². The van der Waals surface area contributed by atoms with Crippen LogP contribution in [0.15, 0.2) is 29.4 Å². The number of hydrogen-bond acceptors (Lipinski definition) is 5. The number of Topliss-reactive ketones (excluding diaryl/α,β-unsaturated/α-hetero) is 1. The van der Waals surface area contributed by atoms with Crippen molar-refractivity contribution in [1.29, 1.82) is 0 Å². The molecule has 132 valence electrons. The summed E-state index contributed by atoms with van der Waals surface area (Å²) in [5.74, 6) is 0.277. The lowest BCUT2D eigenvalue weighted by molar-refractivity contribution is -0.116. The molecule has 25 heavy (non-hydrogen) atoms. The number of thioether (sulfide) groups is 1. The molecule has 1 aromatic carbocycles. The van der Waals surface area contributed by atoms with Crippen LogP contribution in [0.5, 0.6) is 0 Å². The zero-order valence-corrected chi connectivity index (χ0v) is 15.9. The Labute approximate surface area is 152 Å². The van der Waals surface area contributed by atoms with Gasteiger partial charge in [-0.05, 0) is 57.0 Å². The summed E-state index contributed by atoms with van der Waals surface area (Å²) in [7, 11) is 0. The highest BCUT2D eigenvalue weighted by Crippen LogP contribution is 2.19. The predicted molar refractivity (Wildman–Crippen MR) is 101 cm³/mol. The Morgan fingerprint density at radius 3 is 2.20 bits per heavy atom. The first-order valence-electron chi connectivity index (χ1n) is 8.28. The average Bonchev–Trinajstić information content (AvgIpc) is 2.58. The van der Waals surface area contributed by atoms with Gasteiger partial charge in [0, 0.05) is 29.1 Å². The van der Waals surface area contributed by atoms with Gasteiger partial charge >= 0.3 is 0 Å². The third-order valence-electron chi connectivity index (χ3n) is 3.91. The first kappa shape index (κ1) is 19.1. The lowest BCUT2D eigenvalue weighted by Gasteiger charge is -2.07. The highest BCUT2D eigenvalue weighted by molar-refractivity contribution is 7.99. The minimum Gasteiger partial charge on any atom is -0.326 e. The van der Waals surface area contributed by atoms with Crippen LogP contribution in [0.2, 0.25) is 0 Å². The lowest BCUT2D eigenvalue weighted by Crippen LogP contribution is -2.11. The molecule has 1 N–H and O–H groups in total. The van der Waals surface area contributed by atoms with E-state index in [0.29, 0.717) is 22.8 Å². The van der Waals surface area contributed by atoms with Crippen LogP contribution in [-0.4, -0.2) is 27.4 Å². The van der Waals surface area contributed by atoms with Crippen molar-refractivity contribution in [2.45, 2.75) is 45.7 Å². The van der Waals surface area contributed by atoms with Crippen LogP contribution in [0.25, 0.3) is 0 Å². The predicted octanol–water partition coefficient (Wildman–Crippen LogP) is 4.12. The molecule has 0 atom stereocenters. The molecule has 0 spiro atoms. The van der Waals surface area contributed by atoms with Crippen LogP contribution in [0.1, 0.15) is 47.1 Å². The molecule has 1 aromatic heterocycles. The van der Waals surface area contributed by atoms with Gasteiger partial charge in [0.1, 0.15) is 0 Å². The molecular weight excluding hydrogens is 334 g/mol. The Balaban J connectivity index is 1.96. The number of nitrogens with one attached hydrogen (secondary N) is 1. The van der Waals surface area contributed by atoms with Crippen molar-refractivity contribution in [3.05, 3.63) is 46.8 Å². The second-order valence-electron chi connectivity index (χ2n) is 5.89. The molecule has 5 nitrogen and oxygen atoms in total. The number of rotatable bonds is 7. The lowest BCUT2D eigenvalue weighted by atomic mass is 10.1. The SMILES string of the molecule is CCCC(=O)Nc1ccc(C(=O)CSc2nc(C)c(C)c(C)n2)cc1. The molecule has 0 radical (unpaired) electrons. The van der Waals surface area contributed by atoms with E-state index < -0.39 is 0 Å². The van der Waals surface area contributed by atoms with Gasteiger partial charge in [0.2, 0.25) is 5.91 Å². The number of benzene rings is 1. The average molecular weight is 357 g/mol. The zero-order chi connectivity index (χ0) is 18.4. The monoisotopic (exact) mass is 357 g/mol. The summed E-state index contributed by atoms with van der Waals surface area (Å²) in [5, 5.41) is 3.43. The Morgan fingerprint density at radius 2 is 1.64 bits per heavy atom. The number of aryl methyl sites for hydroxylation is 2. The maximum absolute atomic E-state index is 12.3. The van der Waals surface area contributed by atoms with E-state index in [0.717, 1.165) is 23.4 Å². The summed E-state index contributed by atoms with van der Waals surface area (Å²) in [5.41, 5.74) is 4.28. The fourth-order valence-electron chi connectivity index (χ4n) is 2.21. The number of anilines is 1. The standard InChI is InChI=1S/C19H23N3O2S/c1-5-6-18(24)22-16-9-7-15(8-10-16)17(23)11-25-19-20-13(3)12(2)14(4)21-19/h7-10H,5-6,11H2,1-4H3,(H,22,24). The van der Waals surface area contributed by atoms with E-state index in [1.165, 1.54) is 11.8 Å². The molecule has 0 aliphatic carbocycles. The van der Waals surface area contributed by atoms with E-state index >= 15 is 0 Å². The number of ketones is 1. The van der Waals surface area contributed by atoms with E-state index in [1.807, 2.05) is 27.7 Å². The van der Waals surface area contributed by atoms with Gasteiger partial charge < -0.3 is 5.32 Å². The van der Waals surface area contributed by atoms with Crippen LogP contribution >= 0.6 is 11.8 Å². The summed E-state index contributed by atoms with van der Waals surface area (Å²) < 4.78 is 0. The number of hydrogen-bond donors (Lipinski definition) is 1. The number of carbonyl (C=O) groups excluding carboxylic acids is 2. The van der Waals surface area contributed by atoms with Crippen LogP contribution in [0.4, 0.5) is 5.69 Å². The number of carbonyl (C=O) groups is 2. The van der Waals surface area contributed by atoms with Gasteiger partial charge in [0.15, 0.2) is 10.9 Å². The van der Waals surface area contributed by atoms with Gasteiger partial charge in [0.05, 0.1) is 5.75 Å². The normalized spacial score (nSPS) is 10.6. The Bertz CT molecular complexity index is 750. The molecule has 0 aliphatic rings. The van der Waals surface area contributed by atoms with E-state index in [4.69, 9.17) is 0 Å². The molecule has 1 heterocycles. The van der Waals surface area contributed by atoms with Crippen molar-refractivity contribution in [1.82, 2.24) is 9.97 Å². The van der Waals surface area contributed by atoms with Gasteiger partial charge in [-0.2, -0.15) is 0 Å². The van der Waals surface area contributed by atoms with Gasteiger partial charge in [-0.3, -0.25) is 9.59 Å². The van der Waals surface area contributed by atoms with Crippen LogP contribution in [0.3, 0.4) is 0 Å². The molecule has 0 fully saturated rings. The fraction of sp³-hybridized carbons (Fsp3) is 0.368. The molecule has 2 aromatic rings. The van der Waals surface area contributed by atoms with E-state index in [2.05, 4.69) is 15.3 Å². The molecule has 6 heteroatoms. The highest BCUT2D eigenvalue weighted by atomic mass is 32.2. The zero-order valence-electron chi connectivity index (χ0n) is 15.0. The molecule has 0 aliphatic heterocycles. The first-order chi connectivity index (χ1) is 11.9. The summed E-state index contributed by atoms with van der Waals surface area (Å²) in [6, 6.07) is 6.97. The quantitative estimate of drug-likeness (QED) is 0.458. The Kier molecular flexibility index (Phi) is 6.70. The van der Waals surface area contributed by atoms with Gasteiger partial charge in [-0.1, -0.05) is 18.7 Å². The minimum atomic E-state index is -0.0145. The van der Waals surface area contributed by atoms with Crippen molar-refractivity contribution < 1.29 is 9.59 Å². The van der Waals surface area contributed by atoms with Crippen molar-refractivity contribution in [3.8, 4) is 0 Å². The summed E-state index contributed by atoms with van der Waals surface area (Å²) in [4.78, 5) is 32.7. The second kappa shape index (κ2) is 8.76. The third kappa shape index (κ3) is 5.39. The van der Waals surface area contributed by atoms with Gasteiger partial charge in [0.25, 0.3) is 0 Å². The summed E-state index contributed by atoms with van der Waals surface area (Å²) in [6.45, 7) is 7.84. The molecule has 2 rings (SSSR count). The molecule has 1 amide bonds. The number of amides is 1. The smallest absolute Gasteiger partial charge is 0.224 e. The van der Waals surface area contributed by atoms with Crippen molar-refractivity contribution in [2.75, 3.05) is 11.1 Å². The Morgan fingerprint density at radius 1 is 1.04 bits per heavy atom. The van der Waals surface area contributed by atoms with Gasteiger partial charge in [-0.25, -0.2) is 9.97 Å². The fourth-order valence-corrected chi connectivity index (χ4v) is 3.04. The topological polar surface area (TPSA) is 72.0 Å². The maximum Gasteiger partial charge on any atom is 0.224 e. The van der Waals surface area contributed by atoms with E-state index in [1.54, 1.807) is 24.3 Å². The molecule has 0 unspecified atom stereocenters. The van der Waals surface area contributed by atoms with Crippen molar-refractivity contribution >= 4 is 29.1 Å². The minimum absolute atomic E-state index is 0.0101. The van der Waals surface area contributed by atoms with Crippen LogP contribution in [-0.2, 0) is 4.79 Å². The maximum atomic E-state index is 12.3. The number of nitrogens with zero attached hydrogens (tertiary/aromatic N) is 2. The molecule has 0 saturated heterocycles. The largest absolute Gasteiger partial charge is 0.326 e. The first-order valence-corrected chi connectivity index (χ1v) is 9.27. The molecule has 0 bridgehead atoms. The van der Waals surface area contributed by atoms with Crippen LogP contribution < -0.4 is 5.32 Å². The summed E-state index contributed by atoms with van der Waals surface area (Å²) >= 11 is 1.34. The van der Waals surface area contributed by atoms with Crippen molar-refractivity contribution in [2.24, 2.45) is 0 Å². The molecular formula is C19H23N3O2S.